The molecule has 0 saturated carbocycles. The quantitative estimate of drug-likeness (QED) is 0.563. The van der Waals surface area contributed by atoms with E-state index in [4.69, 9.17) is 0 Å². The van der Waals surface area contributed by atoms with Crippen LogP contribution >= 0.6 is 0 Å². The first-order valence-corrected chi connectivity index (χ1v) is 5.75. The molecular formula is C16H14N. The largest absolute Gasteiger partial charge is 0.377 e. The van der Waals surface area contributed by atoms with Gasteiger partial charge in [0.15, 0.2) is 0 Å². The molecule has 3 rings (SSSR count). The Morgan fingerprint density at radius 3 is 2.65 bits per heavy atom. The molecule has 0 heterocycles. The summed E-state index contributed by atoms with van der Waals surface area (Å²) in [6.07, 6.45) is 0. The summed E-state index contributed by atoms with van der Waals surface area (Å²) in [6, 6.07) is 20.2. The molecule has 3 aromatic rings. The first kappa shape index (κ1) is 10.2. The Morgan fingerprint density at radius 2 is 1.82 bits per heavy atom. The molecule has 0 aromatic heterocycles. The molecule has 0 unspecified atom stereocenters. The van der Waals surface area contributed by atoms with E-state index in [2.05, 4.69) is 61.5 Å². The molecule has 0 N–H and O–H groups in total. The van der Waals surface area contributed by atoms with Crippen LogP contribution in [-0.2, 0) is 0 Å². The van der Waals surface area contributed by atoms with E-state index >= 15 is 0 Å². The Balaban J connectivity index is 2.43. The van der Waals surface area contributed by atoms with Crippen LogP contribution in [-0.4, -0.2) is 14.1 Å². The Bertz CT molecular complexity index is 683. The summed E-state index contributed by atoms with van der Waals surface area (Å²) in [5.41, 5.74) is 1.26. The van der Waals surface area contributed by atoms with Gasteiger partial charge in [0, 0.05) is 25.2 Å². The van der Waals surface area contributed by atoms with E-state index in [0.717, 1.165) is 0 Å². The predicted octanol–water partition coefficient (Wildman–Crippen LogP) is 3.86. The van der Waals surface area contributed by atoms with Gasteiger partial charge in [-0.3, -0.25) is 0 Å². The number of hydrogen-bond donors (Lipinski definition) is 0. The minimum atomic E-state index is 1.25. The number of nitrogens with zero attached hydrogens (tertiary/aromatic N) is 1. The lowest BCUT2D eigenvalue weighted by Crippen LogP contribution is -2.08. The van der Waals surface area contributed by atoms with Crippen LogP contribution in [0.2, 0.25) is 0 Å². The number of benzene rings is 3. The number of anilines is 1. The first-order chi connectivity index (χ1) is 8.25. The standard InChI is InChI=1S/C16H14N/c1-17(2)16-9-5-8-14-10-12-6-3-4-7-13(12)11-15(14)16/h4-11H,1-2H3. The van der Waals surface area contributed by atoms with Gasteiger partial charge in [-0.05, 0) is 46.5 Å². The monoisotopic (exact) mass is 220 g/mol. The lowest BCUT2D eigenvalue weighted by atomic mass is 10.0. The normalized spacial score (nSPS) is 10.9. The summed E-state index contributed by atoms with van der Waals surface area (Å²) in [5, 5.41) is 5.10. The van der Waals surface area contributed by atoms with Crippen molar-refractivity contribution >= 4 is 27.2 Å². The van der Waals surface area contributed by atoms with Gasteiger partial charge in [-0.2, -0.15) is 0 Å². The summed E-state index contributed by atoms with van der Waals surface area (Å²) in [4.78, 5) is 2.16. The van der Waals surface area contributed by atoms with Gasteiger partial charge in [0.1, 0.15) is 0 Å². The zero-order chi connectivity index (χ0) is 11.8. The van der Waals surface area contributed by atoms with E-state index in [-0.39, 0.29) is 0 Å². The van der Waals surface area contributed by atoms with Gasteiger partial charge < -0.3 is 4.90 Å². The number of hydrogen-bond acceptors (Lipinski definition) is 1. The molecule has 17 heavy (non-hydrogen) atoms. The van der Waals surface area contributed by atoms with Crippen molar-refractivity contribution in [2.75, 3.05) is 19.0 Å². The van der Waals surface area contributed by atoms with Gasteiger partial charge >= 0.3 is 0 Å². The van der Waals surface area contributed by atoms with Crippen LogP contribution in [0, 0.1) is 6.07 Å². The van der Waals surface area contributed by atoms with Crippen LogP contribution in [0.25, 0.3) is 21.5 Å². The van der Waals surface area contributed by atoms with Crippen molar-refractivity contribution in [1.29, 1.82) is 0 Å². The highest BCUT2D eigenvalue weighted by Crippen LogP contribution is 2.29. The third kappa shape index (κ3) is 1.64. The van der Waals surface area contributed by atoms with E-state index in [9.17, 15) is 0 Å². The van der Waals surface area contributed by atoms with Crippen LogP contribution in [0.1, 0.15) is 0 Å². The van der Waals surface area contributed by atoms with E-state index in [1.54, 1.807) is 0 Å². The maximum Gasteiger partial charge on any atom is 0.0440 e. The van der Waals surface area contributed by atoms with Crippen LogP contribution in [0.15, 0.2) is 48.5 Å². The molecular weight excluding hydrogens is 206 g/mol. The second-order valence-corrected chi connectivity index (χ2v) is 4.52. The highest BCUT2D eigenvalue weighted by Gasteiger charge is 2.03. The van der Waals surface area contributed by atoms with Crippen molar-refractivity contribution in [3.63, 3.8) is 0 Å². The number of rotatable bonds is 1. The molecule has 0 amide bonds. The zero-order valence-electron chi connectivity index (χ0n) is 10.1. The summed E-state index contributed by atoms with van der Waals surface area (Å²) in [6.45, 7) is 0. The highest BCUT2D eigenvalue weighted by molar-refractivity contribution is 6.03. The molecule has 0 aliphatic carbocycles. The van der Waals surface area contributed by atoms with E-state index in [1.165, 1.54) is 27.2 Å². The predicted molar refractivity (Wildman–Crippen MR) is 74.6 cm³/mol. The molecule has 1 radical (unpaired) electrons. The van der Waals surface area contributed by atoms with Crippen LogP contribution in [0.5, 0.6) is 0 Å². The molecule has 0 atom stereocenters. The maximum absolute atomic E-state index is 3.13. The fraction of sp³-hybridized carbons (Fsp3) is 0.125. The average molecular weight is 220 g/mol. The molecule has 0 spiro atoms. The third-order valence-corrected chi connectivity index (χ3v) is 3.14. The van der Waals surface area contributed by atoms with Crippen molar-refractivity contribution < 1.29 is 0 Å². The smallest absolute Gasteiger partial charge is 0.0440 e. The summed E-state index contributed by atoms with van der Waals surface area (Å²) < 4.78 is 0. The SMILES string of the molecule is CN(C)c1cccc2cc3c[c]ccc3cc12. The van der Waals surface area contributed by atoms with E-state index in [1.807, 2.05) is 12.1 Å². The Labute approximate surface area is 101 Å². The molecule has 83 valence electrons. The molecule has 1 heteroatoms. The topological polar surface area (TPSA) is 3.24 Å². The minimum Gasteiger partial charge on any atom is -0.377 e. The van der Waals surface area contributed by atoms with Crippen molar-refractivity contribution in [3.05, 3.63) is 54.6 Å². The van der Waals surface area contributed by atoms with Gasteiger partial charge in [0.05, 0.1) is 0 Å². The third-order valence-electron chi connectivity index (χ3n) is 3.14. The molecule has 0 aliphatic rings. The van der Waals surface area contributed by atoms with Gasteiger partial charge in [0.25, 0.3) is 0 Å². The molecule has 0 aliphatic heterocycles. The minimum absolute atomic E-state index is 1.25. The summed E-state index contributed by atoms with van der Waals surface area (Å²) in [5.74, 6) is 0. The van der Waals surface area contributed by atoms with Crippen LogP contribution in [0.3, 0.4) is 0 Å². The Morgan fingerprint density at radius 1 is 0.941 bits per heavy atom. The molecule has 0 saturated heterocycles. The van der Waals surface area contributed by atoms with Gasteiger partial charge in [-0.15, -0.1) is 0 Å². The van der Waals surface area contributed by atoms with E-state index < -0.39 is 0 Å². The highest BCUT2D eigenvalue weighted by atomic mass is 15.1. The maximum atomic E-state index is 3.13. The van der Waals surface area contributed by atoms with Gasteiger partial charge in [-0.25, -0.2) is 0 Å². The van der Waals surface area contributed by atoms with E-state index in [0.29, 0.717) is 0 Å². The van der Waals surface area contributed by atoms with Crippen LogP contribution in [0.4, 0.5) is 5.69 Å². The molecule has 0 bridgehead atoms. The van der Waals surface area contributed by atoms with Crippen molar-refractivity contribution in [2.45, 2.75) is 0 Å². The summed E-state index contributed by atoms with van der Waals surface area (Å²) >= 11 is 0. The van der Waals surface area contributed by atoms with Crippen molar-refractivity contribution in [3.8, 4) is 0 Å². The molecule has 3 aromatic carbocycles. The van der Waals surface area contributed by atoms with Gasteiger partial charge in [0.2, 0.25) is 0 Å². The van der Waals surface area contributed by atoms with Crippen molar-refractivity contribution in [2.24, 2.45) is 0 Å². The lowest BCUT2D eigenvalue weighted by Gasteiger charge is -2.15. The van der Waals surface area contributed by atoms with Crippen LogP contribution < -0.4 is 4.90 Å². The lowest BCUT2D eigenvalue weighted by molar-refractivity contribution is 1.14. The fourth-order valence-electron chi connectivity index (χ4n) is 2.28. The summed E-state index contributed by atoms with van der Waals surface area (Å²) in [7, 11) is 4.16. The average Bonchev–Trinajstić information content (AvgIpc) is 2.35. The fourth-order valence-corrected chi connectivity index (χ4v) is 2.28. The van der Waals surface area contributed by atoms with Crippen molar-refractivity contribution in [1.82, 2.24) is 0 Å². The number of fused-ring (bicyclic) bond motifs is 2. The Kier molecular flexibility index (Phi) is 2.25. The second kappa shape index (κ2) is 3.77. The Hall–Kier alpha value is -2.02. The first-order valence-electron chi connectivity index (χ1n) is 5.75. The molecule has 1 nitrogen and oxygen atoms in total. The molecule has 0 fully saturated rings. The zero-order valence-corrected chi connectivity index (χ0v) is 10.1. The van der Waals surface area contributed by atoms with Gasteiger partial charge in [-0.1, -0.05) is 24.3 Å². The second-order valence-electron chi connectivity index (χ2n) is 4.52.